The fourth-order valence-corrected chi connectivity index (χ4v) is 3.05. The summed E-state index contributed by atoms with van der Waals surface area (Å²) in [6, 6.07) is 14.2. The molecule has 24 heavy (non-hydrogen) atoms. The minimum Gasteiger partial charge on any atom is -0.465 e. The van der Waals surface area contributed by atoms with Crippen molar-refractivity contribution in [3.63, 3.8) is 0 Å². The van der Waals surface area contributed by atoms with Crippen LogP contribution in [0.15, 0.2) is 48.7 Å². The summed E-state index contributed by atoms with van der Waals surface area (Å²) in [5.74, 6) is 0.835. The first-order valence-electron chi connectivity index (χ1n) is 8.41. The Bertz CT molecular complexity index is 840. The minimum atomic E-state index is -0.116. The first-order chi connectivity index (χ1) is 11.8. The van der Waals surface area contributed by atoms with Gasteiger partial charge >= 0.3 is 0 Å². The highest BCUT2D eigenvalue weighted by Crippen LogP contribution is 2.27. The molecule has 2 aromatic heterocycles. The smallest absolute Gasteiger partial charge is 0.199 e. The Morgan fingerprint density at radius 2 is 2.00 bits per heavy atom. The van der Waals surface area contributed by atoms with E-state index < -0.39 is 0 Å². The standard InChI is InChI=1S/C20H20N2O2/c1-14-13-16-5-4-11-21-20(16)22-19(14)15-7-9-17(10-8-15)24-18-6-2-3-12-23-18/h4-5,7-11,13,18H,2-3,6,12H2,1H3. The molecule has 0 saturated carbocycles. The van der Waals surface area contributed by atoms with Crippen LogP contribution in [0.2, 0.25) is 0 Å². The molecule has 1 aromatic carbocycles. The SMILES string of the molecule is Cc1cc2cccnc2nc1-c1ccc(OC2CCCCO2)cc1. The number of aryl methyl sites for hydroxylation is 1. The van der Waals surface area contributed by atoms with Gasteiger partial charge in [0.2, 0.25) is 0 Å². The summed E-state index contributed by atoms with van der Waals surface area (Å²) in [4.78, 5) is 9.06. The van der Waals surface area contributed by atoms with Gasteiger partial charge in [0.1, 0.15) is 5.75 Å². The van der Waals surface area contributed by atoms with Crippen molar-refractivity contribution < 1.29 is 9.47 Å². The van der Waals surface area contributed by atoms with E-state index in [4.69, 9.17) is 14.5 Å². The zero-order chi connectivity index (χ0) is 16.4. The Balaban J connectivity index is 1.59. The van der Waals surface area contributed by atoms with Crippen LogP contribution in [0, 0.1) is 6.92 Å². The molecule has 0 spiro atoms. The van der Waals surface area contributed by atoms with Gasteiger partial charge in [0.05, 0.1) is 12.3 Å². The molecule has 4 heteroatoms. The van der Waals surface area contributed by atoms with Crippen molar-refractivity contribution >= 4 is 11.0 Å². The number of benzene rings is 1. The van der Waals surface area contributed by atoms with Crippen molar-refractivity contribution in [2.45, 2.75) is 32.5 Å². The number of hydrogen-bond donors (Lipinski definition) is 0. The molecular formula is C20H20N2O2. The van der Waals surface area contributed by atoms with Gasteiger partial charge in [-0.2, -0.15) is 0 Å². The van der Waals surface area contributed by atoms with Gasteiger partial charge in [0, 0.05) is 23.6 Å². The first-order valence-corrected chi connectivity index (χ1v) is 8.41. The van der Waals surface area contributed by atoms with Gasteiger partial charge in [0.25, 0.3) is 0 Å². The van der Waals surface area contributed by atoms with Gasteiger partial charge < -0.3 is 9.47 Å². The lowest BCUT2D eigenvalue weighted by molar-refractivity contribution is -0.105. The van der Waals surface area contributed by atoms with E-state index in [0.29, 0.717) is 0 Å². The van der Waals surface area contributed by atoms with E-state index in [-0.39, 0.29) is 6.29 Å². The summed E-state index contributed by atoms with van der Waals surface area (Å²) >= 11 is 0. The molecule has 1 aliphatic rings. The van der Waals surface area contributed by atoms with Crippen LogP contribution in [0.4, 0.5) is 0 Å². The number of rotatable bonds is 3. The van der Waals surface area contributed by atoms with Crippen LogP contribution in [0.3, 0.4) is 0 Å². The minimum absolute atomic E-state index is 0.116. The normalized spacial score (nSPS) is 17.8. The van der Waals surface area contributed by atoms with E-state index in [9.17, 15) is 0 Å². The summed E-state index contributed by atoms with van der Waals surface area (Å²) < 4.78 is 11.5. The molecule has 3 aromatic rings. The van der Waals surface area contributed by atoms with Crippen LogP contribution >= 0.6 is 0 Å². The molecule has 1 atom stereocenters. The maximum absolute atomic E-state index is 5.89. The topological polar surface area (TPSA) is 44.2 Å². The lowest BCUT2D eigenvalue weighted by atomic mass is 10.1. The Hall–Kier alpha value is -2.46. The third kappa shape index (κ3) is 3.10. The largest absolute Gasteiger partial charge is 0.465 e. The van der Waals surface area contributed by atoms with Crippen LogP contribution in [0.5, 0.6) is 5.75 Å². The lowest BCUT2D eigenvalue weighted by Crippen LogP contribution is -2.24. The molecule has 3 heterocycles. The zero-order valence-electron chi connectivity index (χ0n) is 13.7. The maximum atomic E-state index is 5.89. The molecule has 1 unspecified atom stereocenters. The van der Waals surface area contributed by atoms with Gasteiger partial charge in [0.15, 0.2) is 11.9 Å². The molecule has 0 amide bonds. The maximum Gasteiger partial charge on any atom is 0.199 e. The molecule has 0 bridgehead atoms. The van der Waals surface area contributed by atoms with E-state index in [1.165, 1.54) is 0 Å². The quantitative estimate of drug-likeness (QED) is 0.712. The Labute approximate surface area is 141 Å². The first kappa shape index (κ1) is 15.1. The zero-order valence-corrected chi connectivity index (χ0v) is 13.7. The summed E-state index contributed by atoms with van der Waals surface area (Å²) in [5.41, 5.74) is 3.94. The van der Waals surface area contributed by atoms with Crippen LogP contribution in [-0.2, 0) is 4.74 Å². The second kappa shape index (κ2) is 6.57. The van der Waals surface area contributed by atoms with Crippen molar-refractivity contribution in [1.82, 2.24) is 9.97 Å². The van der Waals surface area contributed by atoms with Crippen molar-refractivity contribution in [3.8, 4) is 17.0 Å². The third-order valence-electron chi connectivity index (χ3n) is 4.31. The van der Waals surface area contributed by atoms with E-state index in [0.717, 1.165) is 59.5 Å². The average molecular weight is 320 g/mol. The van der Waals surface area contributed by atoms with E-state index >= 15 is 0 Å². The molecule has 1 fully saturated rings. The van der Waals surface area contributed by atoms with Gasteiger partial charge in [-0.25, -0.2) is 9.97 Å². The van der Waals surface area contributed by atoms with Crippen LogP contribution in [-0.4, -0.2) is 22.9 Å². The average Bonchev–Trinajstić information content (AvgIpc) is 2.63. The summed E-state index contributed by atoms with van der Waals surface area (Å²) in [6.45, 7) is 2.87. The summed E-state index contributed by atoms with van der Waals surface area (Å²) in [5, 5.41) is 1.06. The predicted octanol–water partition coefficient (Wildman–Crippen LogP) is 4.51. The Morgan fingerprint density at radius 3 is 2.79 bits per heavy atom. The molecule has 0 radical (unpaired) electrons. The number of nitrogens with zero attached hydrogens (tertiary/aromatic N) is 2. The monoisotopic (exact) mass is 320 g/mol. The van der Waals surface area contributed by atoms with Crippen molar-refractivity contribution in [3.05, 3.63) is 54.2 Å². The van der Waals surface area contributed by atoms with Crippen LogP contribution < -0.4 is 4.74 Å². The van der Waals surface area contributed by atoms with E-state index in [1.54, 1.807) is 6.20 Å². The molecule has 122 valence electrons. The Morgan fingerprint density at radius 1 is 1.12 bits per heavy atom. The second-order valence-electron chi connectivity index (χ2n) is 6.14. The second-order valence-corrected chi connectivity index (χ2v) is 6.14. The molecule has 1 saturated heterocycles. The number of ether oxygens (including phenoxy) is 2. The third-order valence-corrected chi connectivity index (χ3v) is 4.31. The van der Waals surface area contributed by atoms with Gasteiger partial charge in [-0.1, -0.05) is 0 Å². The molecule has 0 N–H and O–H groups in total. The highest BCUT2D eigenvalue weighted by molar-refractivity contribution is 5.80. The van der Waals surface area contributed by atoms with Crippen molar-refractivity contribution in [1.29, 1.82) is 0 Å². The van der Waals surface area contributed by atoms with Gasteiger partial charge in [-0.15, -0.1) is 0 Å². The van der Waals surface area contributed by atoms with Crippen LogP contribution in [0.1, 0.15) is 24.8 Å². The Kier molecular flexibility index (Phi) is 4.13. The molecular weight excluding hydrogens is 300 g/mol. The van der Waals surface area contributed by atoms with E-state index in [2.05, 4.69) is 18.0 Å². The van der Waals surface area contributed by atoms with E-state index in [1.807, 2.05) is 36.4 Å². The molecule has 0 aliphatic carbocycles. The fourth-order valence-electron chi connectivity index (χ4n) is 3.05. The summed E-state index contributed by atoms with van der Waals surface area (Å²) in [6.07, 6.45) is 4.90. The van der Waals surface area contributed by atoms with Gasteiger partial charge in [-0.3, -0.25) is 0 Å². The molecule has 4 rings (SSSR count). The number of aromatic nitrogens is 2. The number of pyridine rings is 2. The summed E-state index contributed by atoms with van der Waals surface area (Å²) in [7, 11) is 0. The number of hydrogen-bond acceptors (Lipinski definition) is 4. The molecule has 4 nitrogen and oxygen atoms in total. The van der Waals surface area contributed by atoms with Crippen molar-refractivity contribution in [2.75, 3.05) is 6.61 Å². The fraction of sp³-hybridized carbons (Fsp3) is 0.300. The van der Waals surface area contributed by atoms with Gasteiger partial charge in [-0.05, 0) is 67.8 Å². The predicted molar refractivity (Wildman–Crippen MR) is 93.9 cm³/mol. The number of fused-ring (bicyclic) bond motifs is 1. The highest BCUT2D eigenvalue weighted by Gasteiger charge is 2.15. The van der Waals surface area contributed by atoms with Crippen molar-refractivity contribution in [2.24, 2.45) is 0 Å². The lowest BCUT2D eigenvalue weighted by Gasteiger charge is -2.23. The highest BCUT2D eigenvalue weighted by atomic mass is 16.7. The van der Waals surface area contributed by atoms with Crippen LogP contribution in [0.25, 0.3) is 22.3 Å². The molecule has 1 aliphatic heterocycles.